The van der Waals surface area contributed by atoms with E-state index in [9.17, 15) is 4.79 Å². The van der Waals surface area contributed by atoms with Crippen LogP contribution in [0.3, 0.4) is 0 Å². The lowest BCUT2D eigenvalue weighted by molar-refractivity contribution is 0.104. The van der Waals surface area contributed by atoms with E-state index in [-0.39, 0.29) is 6.03 Å². The lowest BCUT2D eigenvalue weighted by Gasteiger charge is -2.29. The number of carbonyl (C=O) groups excluding carboxylic acids is 1. The number of hydrogen-bond acceptors (Lipinski definition) is 4. The number of nitrogens with zero attached hydrogens (tertiary/aromatic N) is 1. The van der Waals surface area contributed by atoms with Gasteiger partial charge >= 0.3 is 6.03 Å². The molecule has 1 fully saturated rings. The smallest absolute Gasteiger partial charge is 0.319 e. The molecule has 7 heteroatoms. The van der Waals surface area contributed by atoms with Crippen molar-refractivity contribution in [2.75, 3.05) is 36.5 Å². The fourth-order valence-corrected chi connectivity index (χ4v) is 3.39. The Hall–Kier alpha value is -2.18. The Kier molecular flexibility index (Phi) is 7.42. The second-order valence-corrected chi connectivity index (χ2v) is 6.99. The summed E-state index contributed by atoms with van der Waals surface area (Å²) in [5.41, 5.74) is 1.73. The van der Waals surface area contributed by atoms with Crippen molar-refractivity contribution >= 4 is 29.0 Å². The number of halogens is 1. The van der Waals surface area contributed by atoms with Crippen LogP contribution in [0.25, 0.3) is 0 Å². The van der Waals surface area contributed by atoms with E-state index in [1.54, 1.807) is 12.3 Å². The van der Waals surface area contributed by atoms with Crippen LogP contribution < -0.4 is 15.5 Å². The molecule has 6 nitrogen and oxygen atoms in total. The molecule has 2 aromatic rings. The van der Waals surface area contributed by atoms with Crippen LogP contribution in [0.2, 0.25) is 5.02 Å². The Labute approximate surface area is 164 Å². The number of urea groups is 1. The number of furan rings is 1. The molecule has 0 spiro atoms. The molecule has 0 aliphatic carbocycles. The van der Waals surface area contributed by atoms with Crippen LogP contribution in [0.5, 0.6) is 0 Å². The van der Waals surface area contributed by atoms with Crippen LogP contribution in [0, 0.1) is 0 Å². The number of rotatable bonds is 8. The number of piperidine rings is 1. The van der Waals surface area contributed by atoms with Crippen molar-refractivity contribution in [3.8, 4) is 0 Å². The number of ether oxygens (including phenoxy) is 1. The standard InChI is InChI=1S/C20H26ClN3O3/c21-18-14-16(7-8-19(18)24-10-2-1-3-11-24)23-20(25)22-9-5-12-26-15-17-6-4-13-27-17/h4,6-8,13-14H,1-3,5,9-12,15H2,(H2,22,23,25). The fraction of sp³-hybridized carbons (Fsp3) is 0.450. The summed E-state index contributed by atoms with van der Waals surface area (Å²) in [6, 6.07) is 9.12. The Morgan fingerprint density at radius 2 is 2.07 bits per heavy atom. The average Bonchev–Trinajstić information content (AvgIpc) is 3.19. The molecule has 2 heterocycles. The Bertz CT molecular complexity index is 715. The van der Waals surface area contributed by atoms with Gasteiger partial charge in [-0.15, -0.1) is 0 Å². The quantitative estimate of drug-likeness (QED) is 0.642. The van der Waals surface area contributed by atoms with Crippen LogP contribution >= 0.6 is 11.6 Å². The number of nitrogens with one attached hydrogen (secondary N) is 2. The zero-order valence-corrected chi connectivity index (χ0v) is 16.1. The summed E-state index contributed by atoms with van der Waals surface area (Å²) in [6.45, 7) is 3.60. The Balaban J connectivity index is 1.35. The van der Waals surface area contributed by atoms with E-state index in [0.29, 0.717) is 30.5 Å². The van der Waals surface area contributed by atoms with Crippen LogP contribution in [0.15, 0.2) is 41.0 Å². The van der Waals surface area contributed by atoms with E-state index in [2.05, 4.69) is 15.5 Å². The fourth-order valence-electron chi connectivity index (χ4n) is 3.09. The first-order valence-electron chi connectivity index (χ1n) is 9.42. The molecular weight excluding hydrogens is 366 g/mol. The third-order valence-corrected chi connectivity index (χ3v) is 4.78. The van der Waals surface area contributed by atoms with Gasteiger partial charge < -0.3 is 24.7 Å². The van der Waals surface area contributed by atoms with Gasteiger partial charge in [0.05, 0.1) is 17.0 Å². The molecule has 1 saturated heterocycles. The van der Waals surface area contributed by atoms with E-state index in [0.717, 1.165) is 31.0 Å². The Morgan fingerprint density at radius 3 is 2.81 bits per heavy atom. The molecule has 1 aliphatic heterocycles. The van der Waals surface area contributed by atoms with Crippen LogP contribution in [0.4, 0.5) is 16.2 Å². The Morgan fingerprint density at radius 1 is 1.22 bits per heavy atom. The SMILES string of the molecule is O=C(NCCCOCc1ccco1)Nc1ccc(N2CCCCC2)c(Cl)c1. The van der Waals surface area contributed by atoms with Gasteiger partial charge in [-0.1, -0.05) is 11.6 Å². The van der Waals surface area contributed by atoms with Gasteiger partial charge in [-0.2, -0.15) is 0 Å². The highest BCUT2D eigenvalue weighted by atomic mass is 35.5. The van der Waals surface area contributed by atoms with Gasteiger partial charge in [0.15, 0.2) is 0 Å². The molecule has 146 valence electrons. The summed E-state index contributed by atoms with van der Waals surface area (Å²) in [5, 5.41) is 6.30. The van der Waals surface area contributed by atoms with E-state index in [4.69, 9.17) is 20.8 Å². The summed E-state index contributed by atoms with van der Waals surface area (Å²) < 4.78 is 10.7. The summed E-state index contributed by atoms with van der Waals surface area (Å²) in [6.07, 6.45) is 6.02. The second-order valence-electron chi connectivity index (χ2n) is 6.58. The molecule has 0 atom stereocenters. The maximum atomic E-state index is 12.0. The molecular formula is C20H26ClN3O3. The number of benzene rings is 1. The number of anilines is 2. The average molecular weight is 392 g/mol. The number of carbonyl (C=O) groups is 1. The normalized spacial score (nSPS) is 14.2. The highest BCUT2D eigenvalue weighted by molar-refractivity contribution is 6.33. The summed E-state index contributed by atoms with van der Waals surface area (Å²) in [5.74, 6) is 0.797. The highest BCUT2D eigenvalue weighted by Crippen LogP contribution is 2.30. The molecule has 2 N–H and O–H groups in total. The summed E-state index contributed by atoms with van der Waals surface area (Å²) in [7, 11) is 0. The highest BCUT2D eigenvalue weighted by Gasteiger charge is 2.14. The van der Waals surface area contributed by atoms with Crippen LogP contribution in [0.1, 0.15) is 31.4 Å². The zero-order chi connectivity index (χ0) is 18.9. The van der Waals surface area contributed by atoms with Crippen molar-refractivity contribution in [2.45, 2.75) is 32.3 Å². The van der Waals surface area contributed by atoms with Crippen molar-refractivity contribution in [1.82, 2.24) is 5.32 Å². The molecule has 1 aromatic carbocycles. The van der Waals surface area contributed by atoms with Gasteiger partial charge in [0, 0.05) is 31.9 Å². The maximum absolute atomic E-state index is 12.0. The molecule has 2 amide bonds. The lowest BCUT2D eigenvalue weighted by Crippen LogP contribution is -2.30. The lowest BCUT2D eigenvalue weighted by atomic mass is 10.1. The topological polar surface area (TPSA) is 66.7 Å². The first-order chi connectivity index (χ1) is 13.2. The molecule has 3 rings (SSSR count). The van der Waals surface area contributed by atoms with Crippen molar-refractivity contribution < 1.29 is 13.9 Å². The van der Waals surface area contributed by atoms with E-state index >= 15 is 0 Å². The molecule has 1 aliphatic rings. The first-order valence-corrected chi connectivity index (χ1v) is 9.79. The molecule has 0 saturated carbocycles. The van der Waals surface area contributed by atoms with Gasteiger partial charge in [0.1, 0.15) is 12.4 Å². The minimum Gasteiger partial charge on any atom is -0.467 e. The molecule has 1 aromatic heterocycles. The van der Waals surface area contributed by atoms with E-state index in [1.165, 1.54) is 19.3 Å². The van der Waals surface area contributed by atoms with E-state index < -0.39 is 0 Å². The van der Waals surface area contributed by atoms with Crippen molar-refractivity contribution in [1.29, 1.82) is 0 Å². The zero-order valence-electron chi connectivity index (χ0n) is 15.4. The van der Waals surface area contributed by atoms with Gasteiger partial charge in [0.25, 0.3) is 0 Å². The monoisotopic (exact) mass is 391 g/mol. The molecule has 27 heavy (non-hydrogen) atoms. The molecule has 0 unspecified atom stereocenters. The van der Waals surface area contributed by atoms with Gasteiger partial charge in [0.2, 0.25) is 0 Å². The van der Waals surface area contributed by atoms with Gasteiger partial charge in [-0.05, 0) is 56.0 Å². The minimum absolute atomic E-state index is 0.247. The second kappa shape index (κ2) is 10.2. The number of hydrogen-bond donors (Lipinski definition) is 2. The molecule has 0 bridgehead atoms. The van der Waals surface area contributed by atoms with Crippen molar-refractivity contribution in [3.05, 3.63) is 47.4 Å². The van der Waals surface area contributed by atoms with E-state index in [1.807, 2.05) is 24.3 Å². The largest absolute Gasteiger partial charge is 0.467 e. The predicted molar refractivity (Wildman–Crippen MR) is 108 cm³/mol. The maximum Gasteiger partial charge on any atom is 0.319 e. The number of amides is 2. The first kappa shape index (κ1) is 19.6. The van der Waals surface area contributed by atoms with Crippen LogP contribution in [-0.2, 0) is 11.3 Å². The van der Waals surface area contributed by atoms with Crippen molar-refractivity contribution in [3.63, 3.8) is 0 Å². The minimum atomic E-state index is -0.247. The van der Waals surface area contributed by atoms with Crippen molar-refractivity contribution in [2.24, 2.45) is 0 Å². The molecule has 0 radical (unpaired) electrons. The third-order valence-electron chi connectivity index (χ3n) is 4.48. The van der Waals surface area contributed by atoms with Crippen LogP contribution in [-0.4, -0.2) is 32.3 Å². The third kappa shape index (κ3) is 6.19. The van der Waals surface area contributed by atoms with Gasteiger partial charge in [-0.3, -0.25) is 0 Å². The summed E-state index contributed by atoms with van der Waals surface area (Å²) >= 11 is 6.41. The summed E-state index contributed by atoms with van der Waals surface area (Å²) in [4.78, 5) is 14.3. The van der Waals surface area contributed by atoms with Gasteiger partial charge in [-0.25, -0.2) is 4.79 Å². The predicted octanol–water partition coefficient (Wildman–Crippen LogP) is 4.65.